The molecule has 2 fully saturated rings. The molecule has 2 aliphatic rings. The van der Waals surface area contributed by atoms with Crippen LogP contribution in [-0.4, -0.2) is 34.9 Å². The number of carbonyl (C=O) groups is 1. The van der Waals surface area contributed by atoms with Gasteiger partial charge in [0, 0.05) is 30.0 Å². The quantitative estimate of drug-likeness (QED) is 0.639. The molecule has 0 bridgehead atoms. The first kappa shape index (κ1) is 9.38. The largest absolute Gasteiger partial charge is 0.341 e. The van der Waals surface area contributed by atoms with E-state index in [0.717, 1.165) is 25.3 Å². The lowest BCUT2D eigenvalue weighted by Crippen LogP contribution is -2.42. The smallest absolute Gasteiger partial charge is 0.226 e. The molecule has 1 saturated heterocycles. The fourth-order valence-corrected chi connectivity index (χ4v) is 2.93. The molecular formula is C10H17NOS. The van der Waals surface area contributed by atoms with Gasteiger partial charge < -0.3 is 4.90 Å². The van der Waals surface area contributed by atoms with Crippen LogP contribution in [0.2, 0.25) is 0 Å². The molecule has 0 aromatic heterocycles. The van der Waals surface area contributed by atoms with Crippen molar-refractivity contribution >= 4 is 17.7 Å². The zero-order chi connectivity index (χ0) is 9.42. The highest BCUT2D eigenvalue weighted by Crippen LogP contribution is 2.39. The summed E-state index contributed by atoms with van der Waals surface area (Å²) in [6.45, 7) is 6.31. The summed E-state index contributed by atoms with van der Waals surface area (Å²) in [5, 5.41) is 0.631. The molecule has 1 heterocycles. The van der Waals surface area contributed by atoms with E-state index in [0.29, 0.717) is 23.0 Å². The van der Waals surface area contributed by atoms with Crippen molar-refractivity contribution in [1.29, 1.82) is 0 Å². The van der Waals surface area contributed by atoms with E-state index >= 15 is 0 Å². The van der Waals surface area contributed by atoms with Gasteiger partial charge in [0.15, 0.2) is 0 Å². The standard InChI is InChI=1S/C10H17NOS/c1-7-5-9(7)10(12)11-3-4-13-8(2)6-11/h7-9H,3-6H2,1-2H3. The van der Waals surface area contributed by atoms with Crippen molar-refractivity contribution in [3.8, 4) is 0 Å². The molecule has 3 heteroatoms. The van der Waals surface area contributed by atoms with Crippen molar-refractivity contribution in [3.05, 3.63) is 0 Å². The van der Waals surface area contributed by atoms with Gasteiger partial charge in [-0.15, -0.1) is 0 Å². The van der Waals surface area contributed by atoms with Crippen LogP contribution in [0.1, 0.15) is 20.3 Å². The van der Waals surface area contributed by atoms with Crippen molar-refractivity contribution in [2.24, 2.45) is 11.8 Å². The first-order chi connectivity index (χ1) is 6.18. The Hall–Kier alpha value is -0.180. The van der Waals surface area contributed by atoms with Crippen molar-refractivity contribution in [2.45, 2.75) is 25.5 Å². The molecule has 2 nitrogen and oxygen atoms in total. The molecule has 1 saturated carbocycles. The minimum atomic E-state index is 0.371. The van der Waals surface area contributed by atoms with Gasteiger partial charge >= 0.3 is 0 Å². The average Bonchev–Trinajstić information content (AvgIpc) is 2.81. The second-order valence-corrected chi connectivity index (χ2v) is 5.83. The normalized spacial score (nSPS) is 38.9. The third kappa shape index (κ3) is 2.01. The summed E-state index contributed by atoms with van der Waals surface area (Å²) in [4.78, 5) is 13.9. The van der Waals surface area contributed by atoms with Gasteiger partial charge in [0.25, 0.3) is 0 Å². The van der Waals surface area contributed by atoms with Gasteiger partial charge in [-0.2, -0.15) is 11.8 Å². The molecule has 3 atom stereocenters. The summed E-state index contributed by atoms with van der Waals surface area (Å²) < 4.78 is 0. The van der Waals surface area contributed by atoms with Crippen LogP contribution in [0.25, 0.3) is 0 Å². The Balaban J connectivity index is 1.88. The first-order valence-corrected chi connectivity index (χ1v) is 6.13. The predicted molar refractivity (Wildman–Crippen MR) is 55.8 cm³/mol. The zero-order valence-electron chi connectivity index (χ0n) is 8.32. The Bertz CT molecular complexity index is 219. The molecule has 74 valence electrons. The highest BCUT2D eigenvalue weighted by molar-refractivity contribution is 7.99. The molecule has 3 unspecified atom stereocenters. The monoisotopic (exact) mass is 199 g/mol. The molecule has 0 spiro atoms. The highest BCUT2D eigenvalue weighted by atomic mass is 32.2. The third-order valence-corrected chi connectivity index (χ3v) is 4.12. The van der Waals surface area contributed by atoms with Crippen molar-refractivity contribution in [1.82, 2.24) is 4.90 Å². The molecule has 0 radical (unpaired) electrons. The molecular weight excluding hydrogens is 182 g/mol. The Kier molecular flexibility index (Phi) is 2.54. The van der Waals surface area contributed by atoms with E-state index in [9.17, 15) is 4.79 Å². The van der Waals surface area contributed by atoms with Crippen LogP contribution in [0.15, 0.2) is 0 Å². The van der Waals surface area contributed by atoms with Crippen molar-refractivity contribution < 1.29 is 4.79 Å². The molecule has 1 amide bonds. The Morgan fingerprint density at radius 2 is 2.15 bits per heavy atom. The van der Waals surface area contributed by atoms with Gasteiger partial charge in [-0.1, -0.05) is 13.8 Å². The van der Waals surface area contributed by atoms with Crippen LogP contribution in [0.3, 0.4) is 0 Å². The number of hydrogen-bond donors (Lipinski definition) is 0. The SMILES string of the molecule is CC1CN(C(=O)C2CC2C)CCS1. The molecule has 13 heavy (non-hydrogen) atoms. The van der Waals surface area contributed by atoms with Crippen LogP contribution in [0.4, 0.5) is 0 Å². The summed E-state index contributed by atoms with van der Waals surface area (Å²) >= 11 is 1.98. The molecule has 2 rings (SSSR count). The van der Waals surface area contributed by atoms with Crippen molar-refractivity contribution in [2.75, 3.05) is 18.8 Å². The lowest BCUT2D eigenvalue weighted by molar-refractivity contribution is -0.132. The number of rotatable bonds is 1. The highest BCUT2D eigenvalue weighted by Gasteiger charge is 2.41. The number of carbonyl (C=O) groups excluding carboxylic acids is 1. The summed E-state index contributed by atoms with van der Waals surface area (Å²) in [5.41, 5.74) is 0. The fourth-order valence-electron chi connectivity index (χ4n) is 1.92. The van der Waals surface area contributed by atoms with Crippen LogP contribution >= 0.6 is 11.8 Å². The Morgan fingerprint density at radius 3 is 2.69 bits per heavy atom. The van der Waals surface area contributed by atoms with Crippen LogP contribution in [0.5, 0.6) is 0 Å². The van der Waals surface area contributed by atoms with Crippen LogP contribution in [-0.2, 0) is 4.79 Å². The second kappa shape index (κ2) is 3.52. The topological polar surface area (TPSA) is 20.3 Å². The van der Waals surface area contributed by atoms with Crippen LogP contribution < -0.4 is 0 Å². The van der Waals surface area contributed by atoms with Gasteiger partial charge in [-0.05, 0) is 12.3 Å². The predicted octanol–water partition coefficient (Wildman–Crippen LogP) is 1.61. The van der Waals surface area contributed by atoms with E-state index in [1.165, 1.54) is 0 Å². The Labute approximate surface area is 84.1 Å². The Morgan fingerprint density at radius 1 is 1.46 bits per heavy atom. The van der Waals surface area contributed by atoms with Gasteiger partial charge in [-0.3, -0.25) is 4.79 Å². The summed E-state index contributed by atoms with van der Waals surface area (Å²) in [7, 11) is 0. The van der Waals surface area contributed by atoms with E-state index in [-0.39, 0.29) is 0 Å². The minimum absolute atomic E-state index is 0.371. The van der Waals surface area contributed by atoms with Gasteiger partial charge in [-0.25, -0.2) is 0 Å². The summed E-state index contributed by atoms with van der Waals surface area (Å²) in [5.74, 6) is 2.56. The first-order valence-electron chi connectivity index (χ1n) is 5.09. The molecule has 0 aromatic rings. The number of nitrogens with zero attached hydrogens (tertiary/aromatic N) is 1. The van der Waals surface area contributed by atoms with E-state index < -0.39 is 0 Å². The lowest BCUT2D eigenvalue weighted by Gasteiger charge is -2.30. The average molecular weight is 199 g/mol. The summed E-state index contributed by atoms with van der Waals surface area (Å²) in [6, 6.07) is 0. The van der Waals surface area contributed by atoms with E-state index in [1.807, 2.05) is 11.8 Å². The maximum Gasteiger partial charge on any atom is 0.226 e. The number of thioether (sulfide) groups is 1. The van der Waals surface area contributed by atoms with Gasteiger partial charge in [0.1, 0.15) is 0 Å². The van der Waals surface area contributed by atoms with E-state index in [1.54, 1.807) is 0 Å². The maximum atomic E-state index is 11.8. The molecule has 0 aromatic carbocycles. The van der Waals surface area contributed by atoms with Gasteiger partial charge in [0.05, 0.1) is 0 Å². The number of hydrogen-bond acceptors (Lipinski definition) is 2. The molecule has 0 N–H and O–H groups in total. The zero-order valence-corrected chi connectivity index (χ0v) is 9.14. The lowest BCUT2D eigenvalue weighted by atomic mass is 10.2. The van der Waals surface area contributed by atoms with E-state index in [4.69, 9.17) is 0 Å². The van der Waals surface area contributed by atoms with Crippen LogP contribution in [0, 0.1) is 11.8 Å². The fraction of sp³-hybridized carbons (Fsp3) is 0.900. The van der Waals surface area contributed by atoms with Gasteiger partial charge in [0.2, 0.25) is 5.91 Å². The maximum absolute atomic E-state index is 11.8. The minimum Gasteiger partial charge on any atom is -0.341 e. The van der Waals surface area contributed by atoms with Crippen molar-refractivity contribution in [3.63, 3.8) is 0 Å². The third-order valence-electron chi connectivity index (χ3n) is 2.98. The molecule has 1 aliphatic heterocycles. The number of amides is 1. The molecule has 1 aliphatic carbocycles. The summed E-state index contributed by atoms with van der Waals surface area (Å²) in [6.07, 6.45) is 1.12. The second-order valence-electron chi connectivity index (χ2n) is 4.29. The van der Waals surface area contributed by atoms with E-state index in [2.05, 4.69) is 18.7 Å².